The lowest BCUT2D eigenvalue weighted by Gasteiger charge is -2.35. The number of rotatable bonds is 6. The van der Waals surface area contributed by atoms with Crippen LogP contribution in [0.3, 0.4) is 0 Å². The van der Waals surface area contributed by atoms with Crippen molar-refractivity contribution in [3.8, 4) is 0 Å². The number of hydrogen-bond donors (Lipinski definition) is 0. The summed E-state index contributed by atoms with van der Waals surface area (Å²) < 4.78 is 1.44. The molecule has 1 aliphatic rings. The van der Waals surface area contributed by atoms with Crippen molar-refractivity contribution < 1.29 is 4.92 Å². The lowest BCUT2D eigenvalue weighted by molar-refractivity contribution is -0.384. The predicted octanol–water partition coefficient (Wildman–Crippen LogP) is 2.39. The average Bonchev–Trinajstić information content (AvgIpc) is 3.27. The molecule has 2 aromatic carbocycles. The van der Waals surface area contributed by atoms with E-state index in [9.17, 15) is 10.1 Å². The van der Waals surface area contributed by atoms with Crippen LogP contribution >= 0.6 is 0 Å². The van der Waals surface area contributed by atoms with Gasteiger partial charge in [-0.15, -0.1) is 10.2 Å². The summed E-state index contributed by atoms with van der Waals surface area (Å²) in [4.78, 5) is 15.8. The third kappa shape index (κ3) is 4.64. The molecule has 1 aromatic heterocycles. The van der Waals surface area contributed by atoms with E-state index in [4.69, 9.17) is 0 Å². The molecule has 0 N–H and O–H groups in total. The fourth-order valence-corrected chi connectivity index (χ4v) is 3.41. The molecule has 3 aromatic rings. The fourth-order valence-electron chi connectivity index (χ4n) is 3.41. The molecule has 1 aliphatic heterocycles. The molecule has 0 aliphatic carbocycles. The van der Waals surface area contributed by atoms with Crippen LogP contribution in [0.25, 0.3) is 0 Å². The summed E-state index contributed by atoms with van der Waals surface area (Å²) in [5.74, 6) is 0. The van der Waals surface area contributed by atoms with Gasteiger partial charge in [-0.3, -0.25) is 15.0 Å². The van der Waals surface area contributed by atoms with Gasteiger partial charge in [0.2, 0.25) is 0 Å². The summed E-state index contributed by atoms with van der Waals surface area (Å²) >= 11 is 0. The zero-order valence-corrected chi connectivity index (χ0v) is 15.8. The highest BCUT2D eigenvalue weighted by Crippen LogP contribution is 2.30. The van der Waals surface area contributed by atoms with Gasteiger partial charge in [0.05, 0.1) is 11.1 Å². The van der Waals surface area contributed by atoms with E-state index in [-0.39, 0.29) is 10.6 Å². The second kappa shape index (κ2) is 8.61. The first-order valence-electron chi connectivity index (χ1n) is 9.38. The van der Waals surface area contributed by atoms with Crippen LogP contribution in [0.15, 0.2) is 66.3 Å². The molecule has 4 rings (SSSR count). The van der Waals surface area contributed by atoms with Crippen LogP contribution in [-0.4, -0.2) is 57.1 Å². The second-order valence-electron chi connectivity index (χ2n) is 6.84. The van der Waals surface area contributed by atoms with Crippen molar-refractivity contribution in [1.29, 1.82) is 0 Å². The van der Waals surface area contributed by atoms with Crippen molar-refractivity contribution in [2.24, 2.45) is 5.10 Å². The maximum Gasteiger partial charge on any atom is 0.293 e. The summed E-state index contributed by atoms with van der Waals surface area (Å²) in [6.07, 6.45) is 4.46. The third-order valence-electron chi connectivity index (χ3n) is 4.90. The fraction of sp³-hybridized carbons (Fsp3) is 0.250. The largest absolute Gasteiger partial charge is 0.363 e. The van der Waals surface area contributed by atoms with Crippen molar-refractivity contribution >= 4 is 17.6 Å². The van der Waals surface area contributed by atoms with Gasteiger partial charge in [0.15, 0.2) is 0 Å². The highest BCUT2D eigenvalue weighted by Gasteiger charge is 2.24. The van der Waals surface area contributed by atoms with Crippen LogP contribution < -0.4 is 4.90 Å². The predicted molar refractivity (Wildman–Crippen MR) is 110 cm³/mol. The van der Waals surface area contributed by atoms with Gasteiger partial charge >= 0.3 is 0 Å². The van der Waals surface area contributed by atoms with Gasteiger partial charge in [-0.25, -0.2) is 4.68 Å². The molecule has 9 heteroatoms. The normalized spacial score (nSPS) is 15.1. The molecule has 0 saturated carbocycles. The highest BCUT2D eigenvalue weighted by atomic mass is 16.6. The second-order valence-corrected chi connectivity index (χ2v) is 6.84. The smallest absolute Gasteiger partial charge is 0.293 e. The van der Waals surface area contributed by atoms with Crippen molar-refractivity contribution in [2.75, 3.05) is 31.1 Å². The molecule has 0 bridgehead atoms. The molecule has 0 atom stereocenters. The van der Waals surface area contributed by atoms with Gasteiger partial charge in [-0.2, -0.15) is 5.10 Å². The number of nitro groups is 1. The molecule has 2 heterocycles. The van der Waals surface area contributed by atoms with Crippen LogP contribution in [0, 0.1) is 10.1 Å². The number of nitro benzene ring substituents is 1. The minimum absolute atomic E-state index is 0.0919. The maximum atomic E-state index is 11.7. The lowest BCUT2D eigenvalue weighted by atomic mass is 10.1. The van der Waals surface area contributed by atoms with E-state index >= 15 is 0 Å². The summed E-state index contributed by atoms with van der Waals surface area (Å²) in [7, 11) is 0. The Labute approximate surface area is 168 Å². The maximum absolute atomic E-state index is 11.7. The first kappa shape index (κ1) is 18.8. The van der Waals surface area contributed by atoms with Crippen LogP contribution in [0.2, 0.25) is 0 Å². The Morgan fingerprint density at radius 2 is 1.76 bits per heavy atom. The first-order chi connectivity index (χ1) is 14.2. The van der Waals surface area contributed by atoms with E-state index in [1.165, 1.54) is 22.9 Å². The molecule has 0 amide bonds. The quantitative estimate of drug-likeness (QED) is 0.364. The molecule has 9 nitrogen and oxygen atoms in total. The van der Waals surface area contributed by atoms with Crippen molar-refractivity contribution in [2.45, 2.75) is 6.54 Å². The number of aromatic nitrogens is 3. The van der Waals surface area contributed by atoms with Gasteiger partial charge in [-0.05, 0) is 11.6 Å². The average molecular weight is 391 g/mol. The van der Waals surface area contributed by atoms with E-state index < -0.39 is 0 Å². The Morgan fingerprint density at radius 3 is 2.45 bits per heavy atom. The Hall–Kier alpha value is -3.59. The minimum Gasteiger partial charge on any atom is -0.363 e. The molecule has 0 radical (unpaired) electrons. The van der Waals surface area contributed by atoms with Crippen molar-refractivity contribution in [3.05, 3.63) is 82.4 Å². The van der Waals surface area contributed by atoms with E-state index in [1.54, 1.807) is 18.3 Å². The van der Waals surface area contributed by atoms with Gasteiger partial charge in [0.1, 0.15) is 18.3 Å². The van der Waals surface area contributed by atoms with Crippen LogP contribution in [0.5, 0.6) is 0 Å². The van der Waals surface area contributed by atoms with E-state index in [1.807, 2.05) is 24.3 Å². The molecular formula is C20H21N7O2. The number of anilines is 1. The number of nitrogens with zero attached hydrogens (tertiary/aromatic N) is 7. The standard InChI is InChI=1S/C20H21N7O2/c28-27(29)20-12-18(13-23-26-15-21-22-16-26)6-7-19(20)25-10-8-24(9-11-25)14-17-4-2-1-3-5-17/h1-7,12-13,15-16H,8-11,14H2/b23-13-. The summed E-state index contributed by atoms with van der Waals surface area (Å²) in [5, 5.41) is 23.1. The lowest BCUT2D eigenvalue weighted by Crippen LogP contribution is -2.46. The first-order valence-corrected chi connectivity index (χ1v) is 9.38. The zero-order valence-electron chi connectivity index (χ0n) is 15.8. The highest BCUT2D eigenvalue weighted by molar-refractivity contribution is 5.83. The topological polar surface area (TPSA) is 92.7 Å². The molecular weight excluding hydrogens is 370 g/mol. The molecule has 0 spiro atoms. The summed E-state index contributed by atoms with van der Waals surface area (Å²) in [6.45, 7) is 4.13. The van der Waals surface area contributed by atoms with E-state index in [2.05, 4.69) is 37.2 Å². The van der Waals surface area contributed by atoms with E-state index in [0.717, 1.165) is 32.7 Å². The monoisotopic (exact) mass is 391 g/mol. The SMILES string of the molecule is O=[N+]([O-])c1cc(/C=N\n2cnnc2)ccc1N1CCN(Cc2ccccc2)CC1. The van der Waals surface area contributed by atoms with Crippen molar-refractivity contribution in [3.63, 3.8) is 0 Å². The number of hydrogen-bond acceptors (Lipinski definition) is 7. The molecule has 1 saturated heterocycles. The number of piperazine rings is 1. The summed E-state index contributed by atoms with van der Waals surface area (Å²) in [5.41, 5.74) is 2.67. The third-order valence-corrected chi connectivity index (χ3v) is 4.90. The van der Waals surface area contributed by atoms with Gasteiger partial charge in [0, 0.05) is 44.4 Å². The Balaban J connectivity index is 1.45. The zero-order chi connectivity index (χ0) is 20.1. The van der Waals surface area contributed by atoms with Crippen LogP contribution in [0.4, 0.5) is 11.4 Å². The Bertz CT molecular complexity index is 981. The molecule has 1 fully saturated rings. The van der Waals surface area contributed by atoms with Gasteiger partial charge in [0.25, 0.3) is 5.69 Å². The molecule has 148 valence electrons. The Morgan fingerprint density at radius 1 is 1.03 bits per heavy atom. The van der Waals surface area contributed by atoms with Crippen LogP contribution in [0.1, 0.15) is 11.1 Å². The van der Waals surface area contributed by atoms with Gasteiger partial charge < -0.3 is 4.90 Å². The number of benzene rings is 2. The van der Waals surface area contributed by atoms with Crippen molar-refractivity contribution in [1.82, 2.24) is 19.8 Å². The Kier molecular flexibility index (Phi) is 5.57. The van der Waals surface area contributed by atoms with Gasteiger partial charge in [-0.1, -0.05) is 36.4 Å². The van der Waals surface area contributed by atoms with Crippen LogP contribution in [-0.2, 0) is 6.54 Å². The molecule has 0 unspecified atom stereocenters. The summed E-state index contributed by atoms with van der Waals surface area (Å²) in [6, 6.07) is 15.5. The van der Waals surface area contributed by atoms with E-state index in [0.29, 0.717) is 11.3 Å². The minimum atomic E-state index is -0.332. The molecule has 29 heavy (non-hydrogen) atoms.